The molecule has 5 rings (SSSR count). The molecule has 4 aliphatic rings. The Balaban J connectivity index is 1.44. The highest BCUT2D eigenvalue weighted by Crippen LogP contribution is 2.54. The molecule has 4 bridgehead atoms. The Hall–Kier alpha value is -1.71. The van der Waals surface area contributed by atoms with E-state index in [-0.39, 0.29) is 17.9 Å². The van der Waals surface area contributed by atoms with Crippen LogP contribution in [0.4, 0.5) is 10.5 Å². The second-order valence-electron chi connectivity index (χ2n) is 7.88. The van der Waals surface area contributed by atoms with Crippen LogP contribution >= 0.6 is 0 Å². The smallest absolute Gasteiger partial charge is 0.411 e. The van der Waals surface area contributed by atoms with E-state index in [1.807, 2.05) is 13.8 Å². The summed E-state index contributed by atoms with van der Waals surface area (Å²) in [4.78, 5) is 12.4. The molecule has 4 heteroatoms. The Morgan fingerprint density at radius 1 is 1.04 bits per heavy atom. The molecule has 23 heavy (non-hydrogen) atoms. The van der Waals surface area contributed by atoms with Crippen molar-refractivity contribution < 1.29 is 14.6 Å². The third-order valence-electron chi connectivity index (χ3n) is 6.16. The van der Waals surface area contributed by atoms with Gasteiger partial charge in [0, 0.05) is 5.69 Å². The predicted octanol–water partition coefficient (Wildman–Crippen LogP) is 4.38. The van der Waals surface area contributed by atoms with Gasteiger partial charge in [-0.2, -0.15) is 0 Å². The number of benzene rings is 1. The molecule has 124 valence electrons. The molecule has 4 saturated carbocycles. The van der Waals surface area contributed by atoms with Crippen LogP contribution in [0.15, 0.2) is 12.1 Å². The van der Waals surface area contributed by atoms with Crippen molar-refractivity contribution in [2.45, 2.75) is 52.1 Å². The maximum Gasteiger partial charge on any atom is 0.411 e. The maximum atomic E-state index is 12.4. The lowest BCUT2D eigenvalue weighted by molar-refractivity contribution is -0.0933. The third kappa shape index (κ3) is 2.68. The number of phenols is 1. The van der Waals surface area contributed by atoms with Gasteiger partial charge in [-0.3, -0.25) is 5.32 Å². The van der Waals surface area contributed by atoms with Crippen LogP contribution in [0.3, 0.4) is 0 Å². The van der Waals surface area contributed by atoms with Crippen LogP contribution in [0.5, 0.6) is 5.75 Å². The zero-order valence-electron chi connectivity index (χ0n) is 13.8. The molecule has 0 unspecified atom stereocenters. The van der Waals surface area contributed by atoms with Crippen molar-refractivity contribution in [3.8, 4) is 5.75 Å². The lowest BCUT2D eigenvalue weighted by Gasteiger charge is -2.53. The normalized spacial score (nSPS) is 34.4. The van der Waals surface area contributed by atoms with Gasteiger partial charge in [0.2, 0.25) is 0 Å². The van der Waals surface area contributed by atoms with Gasteiger partial charge in [0.15, 0.2) is 0 Å². The maximum absolute atomic E-state index is 12.4. The number of ether oxygens (including phenoxy) is 1. The fraction of sp³-hybridized carbons (Fsp3) is 0.632. The van der Waals surface area contributed by atoms with Gasteiger partial charge in [-0.05, 0) is 92.9 Å². The average molecular weight is 315 g/mol. The number of rotatable bonds is 2. The Labute approximate surface area is 137 Å². The number of aryl methyl sites for hydroxylation is 2. The Morgan fingerprint density at radius 3 is 2.26 bits per heavy atom. The fourth-order valence-electron chi connectivity index (χ4n) is 5.27. The van der Waals surface area contributed by atoms with Crippen LogP contribution in [0.2, 0.25) is 0 Å². The summed E-state index contributed by atoms with van der Waals surface area (Å²) < 4.78 is 5.84. The minimum absolute atomic E-state index is 0.0984. The lowest BCUT2D eigenvalue weighted by atomic mass is 9.55. The van der Waals surface area contributed by atoms with Crippen molar-refractivity contribution in [3.63, 3.8) is 0 Å². The quantitative estimate of drug-likeness (QED) is 0.796. The first-order valence-electron chi connectivity index (χ1n) is 8.77. The SMILES string of the molecule is Cc1cc(NC(=O)OC2C3CC4CC(C3)CC2C4)c(C)cc1O. The highest BCUT2D eigenvalue weighted by Gasteiger charge is 2.49. The topological polar surface area (TPSA) is 58.6 Å². The summed E-state index contributed by atoms with van der Waals surface area (Å²) in [5.74, 6) is 3.14. The number of carbonyl (C=O) groups excluding carboxylic acids is 1. The average Bonchev–Trinajstić information content (AvgIpc) is 2.48. The van der Waals surface area contributed by atoms with E-state index in [2.05, 4.69) is 5.32 Å². The van der Waals surface area contributed by atoms with Crippen LogP contribution < -0.4 is 5.32 Å². The number of anilines is 1. The summed E-state index contributed by atoms with van der Waals surface area (Å²) in [5, 5.41) is 12.6. The Morgan fingerprint density at radius 2 is 1.65 bits per heavy atom. The lowest BCUT2D eigenvalue weighted by Crippen LogP contribution is -2.50. The molecule has 4 fully saturated rings. The molecule has 0 aliphatic heterocycles. The van der Waals surface area contributed by atoms with E-state index in [1.54, 1.807) is 12.1 Å². The summed E-state index contributed by atoms with van der Waals surface area (Å²) in [7, 11) is 0. The zero-order chi connectivity index (χ0) is 16.1. The van der Waals surface area contributed by atoms with Crippen LogP contribution in [0.1, 0.15) is 43.2 Å². The first kappa shape index (κ1) is 14.9. The molecule has 1 amide bonds. The van der Waals surface area contributed by atoms with Gasteiger partial charge in [0.1, 0.15) is 11.9 Å². The molecule has 4 aliphatic carbocycles. The molecule has 4 nitrogen and oxygen atoms in total. The van der Waals surface area contributed by atoms with Gasteiger partial charge in [-0.25, -0.2) is 4.79 Å². The van der Waals surface area contributed by atoms with Gasteiger partial charge in [-0.15, -0.1) is 0 Å². The number of phenolic OH excluding ortho intramolecular Hbond substituents is 1. The molecule has 2 N–H and O–H groups in total. The number of amides is 1. The van der Waals surface area contributed by atoms with E-state index in [4.69, 9.17) is 4.74 Å². The molecule has 1 aromatic carbocycles. The summed E-state index contributed by atoms with van der Waals surface area (Å²) in [6.45, 7) is 3.70. The number of nitrogens with one attached hydrogen (secondary N) is 1. The highest BCUT2D eigenvalue weighted by molar-refractivity contribution is 5.86. The molecule has 0 spiro atoms. The molecule has 0 saturated heterocycles. The molecule has 0 aromatic heterocycles. The molecular formula is C19H25NO3. The van der Waals surface area contributed by atoms with Crippen molar-refractivity contribution in [1.82, 2.24) is 0 Å². The van der Waals surface area contributed by atoms with Gasteiger partial charge in [-0.1, -0.05) is 0 Å². The van der Waals surface area contributed by atoms with Crippen molar-refractivity contribution in [1.29, 1.82) is 0 Å². The van der Waals surface area contributed by atoms with Crippen LogP contribution in [-0.2, 0) is 4.74 Å². The van der Waals surface area contributed by atoms with Crippen LogP contribution in [0.25, 0.3) is 0 Å². The number of hydrogen-bond donors (Lipinski definition) is 2. The van der Waals surface area contributed by atoms with Crippen LogP contribution in [0, 0.1) is 37.5 Å². The second kappa shape index (κ2) is 5.43. The minimum Gasteiger partial charge on any atom is -0.508 e. The monoisotopic (exact) mass is 315 g/mol. The third-order valence-corrected chi connectivity index (χ3v) is 6.16. The van der Waals surface area contributed by atoms with Gasteiger partial charge < -0.3 is 9.84 Å². The van der Waals surface area contributed by atoms with Gasteiger partial charge in [0.25, 0.3) is 0 Å². The first-order chi connectivity index (χ1) is 11.0. The van der Waals surface area contributed by atoms with E-state index in [9.17, 15) is 9.90 Å². The summed E-state index contributed by atoms with van der Waals surface area (Å²) in [5.41, 5.74) is 2.31. The minimum atomic E-state index is -0.351. The van der Waals surface area contributed by atoms with Gasteiger partial charge >= 0.3 is 6.09 Å². The number of carbonyl (C=O) groups is 1. The number of hydrogen-bond acceptors (Lipinski definition) is 3. The Bertz CT molecular complexity index is 612. The summed E-state index contributed by atoms with van der Waals surface area (Å²) in [6, 6.07) is 3.47. The highest BCUT2D eigenvalue weighted by atomic mass is 16.6. The van der Waals surface area contributed by atoms with Crippen molar-refractivity contribution in [2.24, 2.45) is 23.7 Å². The standard InChI is InChI=1S/C19H25NO3/c1-10-4-17(21)11(2)3-16(10)20-19(22)23-18-14-6-12-5-13(8-14)9-15(18)7-12/h3-4,12-15,18,21H,5-9H2,1-2H3,(H,20,22). The first-order valence-corrected chi connectivity index (χ1v) is 8.77. The second-order valence-corrected chi connectivity index (χ2v) is 7.88. The molecule has 0 atom stereocenters. The summed E-state index contributed by atoms with van der Waals surface area (Å²) in [6.07, 6.45) is 6.10. The molecular weight excluding hydrogens is 290 g/mol. The van der Waals surface area contributed by atoms with Crippen molar-refractivity contribution in [2.75, 3.05) is 5.32 Å². The van der Waals surface area contributed by atoms with E-state index in [0.29, 0.717) is 17.5 Å². The van der Waals surface area contributed by atoms with Crippen molar-refractivity contribution in [3.05, 3.63) is 23.3 Å². The van der Waals surface area contributed by atoms with E-state index in [1.165, 1.54) is 32.1 Å². The molecule has 0 heterocycles. The Kier molecular flexibility index (Phi) is 3.51. The zero-order valence-corrected chi connectivity index (χ0v) is 13.8. The van der Waals surface area contributed by atoms with E-state index in [0.717, 1.165) is 23.0 Å². The largest absolute Gasteiger partial charge is 0.508 e. The molecule has 0 radical (unpaired) electrons. The van der Waals surface area contributed by atoms with Crippen LogP contribution in [-0.4, -0.2) is 17.3 Å². The molecule has 1 aromatic rings. The predicted molar refractivity (Wildman–Crippen MR) is 88.5 cm³/mol. The summed E-state index contributed by atoms with van der Waals surface area (Å²) >= 11 is 0. The number of aromatic hydroxyl groups is 1. The van der Waals surface area contributed by atoms with E-state index >= 15 is 0 Å². The van der Waals surface area contributed by atoms with Crippen molar-refractivity contribution >= 4 is 11.8 Å². The van der Waals surface area contributed by atoms with E-state index < -0.39 is 0 Å². The fourth-order valence-corrected chi connectivity index (χ4v) is 5.27. The van der Waals surface area contributed by atoms with Gasteiger partial charge in [0.05, 0.1) is 0 Å².